The van der Waals surface area contributed by atoms with Crippen LogP contribution in [0.25, 0.3) is 0 Å². The van der Waals surface area contributed by atoms with Crippen LogP contribution in [-0.2, 0) is 11.2 Å². The van der Waals surface area contributed by atoms with E-state index in [2.05, 4.69) is 4.98 Å². The highest BCUT2D eigenvalue weighted by Crippen LogP contribution is 1.97. The Balaban J connectivity index is 0.00000121. The molecule has 0 aromatic carbocycles. The van der Waals surface area contributed by atoms with Gasteiger partial charge in [-0.15, -0.1) is 12.4 Å². The van der Waals surface area contributed by atoms with Crippen molar-refractivity contribution in [2.45, 2.75) is 12.8 Å². The van der Waals surface area contributed by atoms with Crippen molar-refractivity contribution in [2.75, 3.05) is 0 Å². The lowest BCUT2D eigenvalue weighted by Gasteiger charge is -1.94. The average molecular weight is 188 g/mol. The van der Waals surface area contributed by atoms with Crippen molar-refractivity contribution in [3.05, 3.63) is 30.1 Å². The Morgan fingerprint density at radius 3 is 2.75 bits per heavy atom. The van der Waals surface area contributed by atoms with Gasteiger partial charge >= 0.3 is 5.97 Å². The van der Waals surface area contributed by atoms with Crippen LogP contribution >= 0.6 is 12.4 Å². The van der Waals surface area contributed by atoms with Crippen LogP contribution in [0.4, 0.5) is 0 Å². The molecule has 66 valence electrons. The minimum absolute atomic E-state index is 0. The Labute approximate surface area is 76.9 Å². The summed E-state index contributed by atoms with van der Waals surface area (Å²) in [5.74, 6) is -0.782. The van der Waals surface area contributed by atoms with Gasteiger partial charge in [-0.1, -0.05) is 6.07 Å². The number of carbonyl (C=O) groups is 1. The number of halogens is 1. The third kappa shape index (κ3) is 3.93. The van der Waals surface area contributed by atoms with E-state index < -0.39 is 5.97 Å². The van der Waals surface area contributed by atoms with Crippen molar-refractivity contribution < 1.29 is 9.90 Å². The Morgan fingerprint density at radius 2 is 2.25 bits per heavy atom. The molecule has 0 spiro atoms. The molecule has 4 heteroatoms. The van der Waals surface area contributed by atoms with Gasteiger partial charge in [0.2, 0.25) is 0 Å². The van der Waals surface area contributed by atoms with Crippen LogP contribution in [0.15, 0.2) is 24.4 Å². The first-order valence-corrected chi connectivity index (χ1v) is 3.41. The number of aliphatic carboxylic acids is 1. The largest absolute Gasteiger partial charge is 0.481 e. The lowest BCUT2D eigenvalue weighted by Crippen LogP contribution is -1.98. The quantitative estimate of drug-likeness (QED) is 0.781. The molecule has 0 aliphatic carbocycles. The molecule has 0 aliphatic heterocycles. The van der Waals surface area contributed by atoms with Crippen LogP contribution in [0.1, 0.15) is 12.1 Å². The topological polar surface area (TPSA) is 50.2 Å². The molecule has 0 aliphatic rings. The number of aryl methyl sites for hydroxylation is 1. The minimum Gasteiger partial charge on any atom is -0.481 e. The van der Waals surface area contributed by atoms with E-state index in [1.807, 2.05) is 18.2 Å². The summed E-state index contributed by atoms with van der Waals surface area (Å²) in [7, 11) is 0. The fourth-order valence-electron chi connectivity index (χ4n) is 0.781. The number of aromatic nitrogens is 1. The molecule has 0 saturated heterocycles. The predicted octanol–water partition coefficient (Wildman–Crippen LogP) is 1.52. The van der Waals surface area contributed by atoms with Crippen molar-refractivity contribution in [2.24, 2.45) is 0 Å². The fraction of sp³-hybridized carbons (Fsp3) is 0.250. The van der Waals surface area contributed by atoms with Gasteiger partial charge in [0, 0.05) is 18.3 Å². The minimum atomic E-state index is -0.782. The van der Waals surface area contributed by atoms with Gasteiger partial charge < -0.3 is 5.11 Å². The summed E-state index contributed by atoms with van der Waals surface area (Å²) in [6, 6.07) is 5.48. The number of nitrogens with zero attached hydrogens (tertiary/aromatic N) is 1. The number of rotatable bonds is 3. The third-order valence-corrected chi connectivity index (χ3v) is 1.32. The lowest BCUT2D eigenvalue weighted by atomic mass is 10.2. The highest BCUT2D eigenvalue weighted by atomic mass is 35.5. The molecule has 0 amide bonds. The highest BCUT2D eigenvalue weighted by Gasteiger charge is 1.97. The normalized spacial score (nSPS) is 8.67. The summed E-state index contributed by atoms with van der Waals surface area (Å²) in [6.45, 7) is 0. The van der Waals surface area contributed by atoms with Gasteiger partial charge in [0.25, 0.3) is 0 Å². The van der Waals surface area contributed by atoms with Crippen LogP contribution in [0.5, 0.6) is 0 Å². The van der Waals surface area contributed by atoms with E-state index in [0.29, 0.717) is 6.42 Å². The molecule has 12 heavy (non-hydrogen) atoms. The van der Waals surface area contributed by atoms with Crippen molar-refractivity contribution in [1.29, 1.82) is 0 Å². The Kier molecular flexibility index (Phi) is 5.04. The van der Waals surface area contributed by atoms with Crippen molar-refractivity contribution in [3.8, 4) is 0 Å². The van der Waals surface area contributed by atoms with Gasteiger partial charge in [-0.3, -0.25) is 9.78 Å². The lowest BCUT2D eigenvalue weighted by molar-refractivity contribution is -0.136. The SMILES string of the molecule is Cl.O=C(O)CCc1ccccn1. The second kappa shape index (κ2) is 5.55. The molecule has 1 aromatic heterocycles. The number of carboxylic acid groups (broad SMARTS) is 1. The number of hydrogen-bond acceptors (Lipinski definition) is 2. The summed E-state index contributed by atoms with van der Waals surface area (Å²) in [6.07, 6.45) is 2.32. The van der Waals surface area contributed by atoms with E-state index in [-0.39, 0.29) is 18.8 Å². The smallest absolute Gasteiger partial charge is 0.303 e. The second-order valence-electron chi connectivity index (χ2n) is 2.21. The molecule has 0 saturated carbocycles. The first kappa shape index (κ1) is 10.9. The van der Waals surface area contributed by atoms with E-state index in [1.165, 1.54) is 0 Å². The third-order valence-electron chi connectivity index (χ3n) is 1.32. The molecule has 3 nitrogen and oxygen atoms in total. The van der Waals surface area contributed by atoms with E-state index in [0.717, 1.165) is 5.69 Å². The Bertz CT molecular complexity index is 238. The van der Waals surface area contributed by atoms with Crippen LogP contribution in [-0.4, -0.2) is 16.1 Å². The molecule has 0 radical (unpaired) electrons. The Hall–Kier alpha value is -1.09. The van der Waals surface area contributed by atoms with Crippen molar-refractivity contribution in [3.63, 3.8) is 0 Å². The van der Waals surface area contributed by atoms with E-state index in [9.17, 15) is 4.79 Å². The molecule has 1 N–H and O–H groups in total. The van der Waals surface area contributed by atoms with Gasteiger partial charge in [-0.25, -0.2) is 0 Å². The number of carboxylic acids is 1. The molecule has 1 rings (SSSR count). The first-order valence-electron chi connectivity index (χ1n) is 3.41. The molecule has 0 unspecified atom stereocenters. The second-order valence-corrected chi connectivity index (χ2v) is 2.21. The molecular weight excluding hydrogens is 178 g/mol. The standard InChI is InChI=1S/C8H9NO2.ClH/c10-8(11)5-4-7-3-1-2-6-9-7;/h1-3,6H,4-5H2,(H,10,11);1H. The fourth-order valence-corrected chi connectivity index (χ4v) is 0.781. The summed E-state index contributed by atoms with van der Waals surface area (Å²) in [4.78, 5) is 14.1. The van der Waals surface area contributed by atoms with Gasteiger partial charge in [0.1, 0.15) is 0 Å². The Morgan fingerprint density at radius 1 is 1.50 bits per heavy atom. The van der Waals surface area contributed by atoms with Gasteiger partial charge in [-0.05, 0) is 12.1 Å². The molecule has 1 aromatic rings. The zero-order chi connectivity index (χ0) is 8.10. The molecule has 0 atom stereocenters. The number of pyridine rings is 1. The highest BCUT2D eigenvalue weighted by molar-refractivity contribution is 5.85. The van der Waals surface area contributed by atoms with E-state index in [1.54, 1.807) is 6.20 Å². The van der Waals surface area contributed by atoms with E-state index >= 15 is 0 Å². The molecule has 0 bridgehead atoms. The molecule has 1 heterocycles. The van der Waals surface area contributed by atoms with Gasteiger partial charge in [0.15, 0.2) is 0 Å². The molecule has 0 fully saturated rings. The monoisotopic (exact) mass is 187 g/mol. The predicted molar refractivity (Wildman–Crippen MR) is 47.4 cm³/mol. The van der Waals surface area contributed by atoms with Crippen molar-refractivity contribution >= 4 is 18.4 Å². The van der Waals surface area contributed by atoms with Crippen LogP contribution in [0.3, 0.4) is 0 Å². The summed E-state index contributed by atoms with van der Waals surface area (Å²) in [5, 5.41) is 8.35. The summed E-state index contributed by atoms with van der Waals surface area (Å²) >= 11 is 0. The summed E-state index contributed by atoms with van der Waals surface area (Å²) < 4.78 is 0. The van der Waals surface area contributed by atoms with Gasteiger partial charge in [-0.2, -0.15) is 0 Å². The zero-order valence-corrected chi connectivity index (χ0v) is 7.25. The maximum absolute atomic E-state index is 10.1. The van der Waals surface area contributed by atoms with Crippen LogP contribution in [0, 0.1) is 0 Å². The molecular formula is C8H10ClNO2. The maximum Gasteiger partial charge on any atom is 0.303 e. The summed E-state index contributed by atoms with van der Waals surface area (Å²) in [5.41, 5.74) is 0.829. The van der Waals surface area contributed by atoms with Crippen molar-refractivity contribution in [1.82, 2.24) is 4.98 Å². The van der Waals surface area contributed by atoms with Gasteiger partial charge in [0.05, 0.1) is 6.42 Å². The first-order chi connectivity index (χ1) is 5.29. The zero-order valence-electron chi connectivity index (χ0n) is 6.43. The average Bonchev–Trinajstić information content (AvgIpc) is 2.03. The van der Waals surface area contributed by atoms with Crippen LogP contribution in [0.2, 0.25) is 0 Å². The maximum atomic E-state index is 10.1. The van der Waals surface area contributed by atoms with Crippen LogP contribution < -0.4 is 0 Å². The van der Waals surface area contributed by atoms with E-state index in [4.69, 9.17) is 5.11 Å². The number of hydrogen-bond donors (Lipinski definition) is 1.